The molecule has 1 aliphatic carbocycles. The number of aromatic nitrogens is 1. The molecule has 0 bridgehead atoms. The fourth-order valence-electron chi connectivity index (χ4n) is 4.55. The van der Waals surface area contributed by atoms with Gasteiger partial charge in [0.05, 0.1) is 20.8 Å². The van der Waals surface area contributed by atoms with Crippen LogP contribution in [0, 0.1) is 0 Å². The first kappa shape index (κ1) is 24.4. The molecule has 0 unspecified atom stereocenters. The lowest BCUT2D eigenvalue weighted by molar-refractivity contribution is -0.122. The zero-order valence-corrected chi connectivity index (χ0v) is 20.4. The van der Waals surface area contributed by atoms with Crippen molar-refractivity contribution in [2.75, 3.05) is 27.3 Å². The van der Waals surface area contributed by atoms with E-state index >= 15 is 0 Å². The number of hydrogen-bond acceptors (Lipinski definition) is 4. The van der Waals surface area contributed by atoms with E-state index in [-0.39, 0.29) is 24.4 Å². The molecule has 1 heterocycles. The molecule has 2 N–H and O–H groups in total. The van der Waals surface area contributed by atoms with Crippen LogP contribution in [0.1, 0.15) is 41.7 Å². The van der Waals surface area contributed by atoms with E-state index in [1.807, 2.05) is 54.6 Å². The Labute approximate surface area is 206 Å². The second kappa shape index (κ2) is 11.6. The lowest BCUT2D eigenvalue weighted by atomic mass is 10.1. The Hall–Kier alpha value is -3.74. The fourth-order valence-corrected chi connectivity index (χ4v) is 4.55. The minimum atomic E-state index is -0.200. The average molecular weight is 476 g/mol. The Morgan fingerprint density at radius 1 is 0.971 bits per heavy atom. The van der Waals surface area contributed by atoms with Crippen LogP contribution >= 0.6 is 0 Å². The quantitative estimate of drug-likeness (QED) is 0.454. The average Bonchev–Trinajstić information content (AvgIpc) is 3.59. The highest BCUT2D eigenvalue weighted by Crippen LogP contribution is 2.28. The summed E-state index contributed by atoms with van der Waals surface area (Å²) in [6.07, 6.45) is 4.86. The van der Waals surface area contributed by atoms with Gasteiger partial charge in [-0.3, -0.25) is 9.59 Å². The maximum Gasteiger partial charge on any atom is 0.270 e. The van der Waals surface area contributed by atoms with Crippen molar-refractivity contribution >= 4 is 11.8 Å². The van der Waals surface area contributed by atoms with Crippen molar-refractivity contribution in [2.24, 2.45) is 0 Å². The van der Waals surface area contributed by atoms with E-state index in [4.69, 9.17) is 9.47 Å². The van der Waals surface area contributed by atoms with Gasteiger partial charge < -0.3 is 24.7 Å². The summed E-state index contributed by atoms with van der Waals surface area (Å²) in [5, 5.41) is 3.10. The summed E-state index contributed by atoms with van der Waals surface area (Å²) in [6.45, 7) is 0.411. The van der Waals surface area contributed by atoms with Gasteiger partial charge in [-0.25, -0.2) is 0 Å². The van der Waals surface area contributed by atoms with E-state index in [1.54, 1.807) is 25.2 Å². The van der Waals surface area contributed by atoms with E-state index < -0.39 is 0 Å². The zero-order chi connectivity index (χ0) is 24.6. The van der Waals surface area contributed by atoms with Crippen LogP contribution in [0.15, 0.2) is 60.7 Å². The standard InChI is InChI=1S/C28H33N3O4/c1-34-25-15-12-20(18-26(25)35-2)16-17-31(19-27(32)29-22-10-6-7-11-22)28(33)24-14-13-23(30-24)21-8-4-3-5-9-21/h3-5,8-9,12-15,18,22,30H,6-7,10-11,16-17,19H2,1-2H3,(H,29,32). The van der Waals surface area contributed by atoms with Crippen LogP contribution in [0.2, 0.25) is 0 Å². The predicted molar refractivity (Wildman–Crippen MR) is 136 cm³/mol. The molecule has 4 rings (SSSR count). The highest BCUT2D eigenvalue weighted by atomic mass is 16.5. The molecule has 0 atom stereocenters. The maximum absolute atomic E-state index is 13.5. The molecule has 1 aliphatic rings. The lowest BCUT2D eigenvalue weighted by Gasteiger charge is -2.23. The summed E-state index contributed by atoms with van der Waals surface area (Å²) in [5.74, 6) is 0.973. The van der Waals surface area contributed by atoms with Crippen molar-refractivity contribution in [3.8, 4) is 22.8 Å². The van der Waals surface area contributed by atoms with Gasteiger partial charge in [0.25, 0.3) is 5.91 Å². The fraction of sp³-hybridized carbons (Fsp3) is 0.357. The molecule has 1 saturated carbocycles. The Balaban J connectivity index is 1.50. The number of nitrogens with one attached hydrogen (secondary N) is 2. The van der Waals surface area contributed by atoms with Crippen LogP contribution in [0.4, 0.5) is 0 Å². The van der Waals surface area contributed by atoms with E-state index in [0.29, 0.717) is 30.2 Å². The third-order valence-corrected chi connectivity index (χ3v) is 6.46. The number of hydrogen-bond donors (Lipinski definition) is 2. The van der Waals surface area contributed by atoms with Gasteiger partial charge in [0.15, 0.2) is 11.5 Å². The molecule has 0 spiro atoms. The first-order valence-corrected chi connectivity index (χ1v) is 12.1. The Bertz CT molecular complexity index is 1140. The first-order chi connectivity index (χ1) is 17.1. The number of aromatic amines is 1. The number of ether oxygens (including phenoxy) is 2. The second-order valence-electron chi connectivity index (χ2n) is 8.87. The molecular formula is C28H33N3O4. The Morgan fingerprint density at radius 2 is 1.71 bits per heavy atom. The normalized spacial score (nSPS) is 13.4. The molecule has 1 fully saturated rings. The molecule has 184 valence electrons. The van der Waals surface area contributed by atoms with Crippen LogP contribution < -0.4 is 14.8 Å². The van der Waals surface area contributed by atoms with Gasteiger partial charge >= 0.3 is 0 Å². The molecule has 1 aromatic heterocycles. The maximum atomic E-state index is 13.5. The smallest absolute Gasteiger partial charge is 0.270 e. The van der Waals surface area contributed by atoms with Crippen molar-refractivity contribution in [2.45, 2.75) is 38.1 Å². The number of methoxy groups -OCH3 is 2. The van der Waals surface area contributed by atoms with Crippen LogP contribution in [0.3, 0.4) is 0 Å². The van der Waals surface area contributed by atoms with Gasteiger partial charge in [-0.2, -0.15) is 0 Å². The molecule has 3 aromatic rings. The molecule has 7 nitrogen and oxygen atoms in total. The lowest BCUT2D eigenvalue weighted by Crippen LogP contribution is -2.44. The number of benzene rings is 2. The van der Waals surface area contributed by atoms with Gasteiger partial charge in [-0.15, -0.1) is 0 Å². The second-order valence-corrected chi connectivity index (χ2v) is 8.87. The van der Waals surface area contributed by atoms with Crippen molar-refractivity contribution < 1.29 is 19.1 Å². The molecular weight excluding hydrogens is 442 g/mol. The summed E-state index contributed by atoms with van der Waals surface area (Å²) in [5.41, 5.74) is 3.32. The third-order valence-electron chi connectivity index (χ3n) is 6.46. The van der Waals surface area contributed by atoms with Crippen LogP contribution in [0.5, 0.6) is 11.5 Å². The number of nitrogens with zero attached hydrogens (tertiary/aromatic N) is 1. The molecule has 0 radical (unpaired) electrons. The molecule has 2 aromatic carbocycles. The summed E-state index contributed by atoms with van der Waals surface area (Å²) >= 11 is 0. The van der Waals surface area contributed by atoms with Crippen LogP contribution in [-0.4, -0.2) is 55.0 Å². The van der Waals surface area contributed by atoms with Gasteiger partial charge in [0, 0.05) is 18.3 Å². The summed E-state index contributed by atoms with van der Waals surface area (Å²) in [7, 11) is 3.20. The third kappa shape index (κ3) is 6.23. The highest BCUT2D eigenvalue weighted by Gasteiger charge is 2.23. The molecule has 2 amide bonds. The summed E-state index contributed by atoms with van der Waals surface area (Å²) < 4.78 is 10.7. The van der Waals surface area contributed by atoms with E-state index in [0.717, 1.165) is 42.5 Å². The SMILES string of the molecule is COc1ccc(CCN(CC(=O)NC2CCCC2)C(=O)c2ccc(-c3ccccc3)[nH]2)cc1OC. The highest BCUT2D eigenvalue weighted by molar-refractivity contribution is 5.96. The number of rotatable bonds is 10. The molecule has 0 saturated heterocycles. The summed E-state index contributed by atoms with van der Waals surface area (Å²) in [6, 6.07) is 19.4. The zero-order valence-electron chi connectivity index (χ0n) is 20.4. The van der Waals surface area contributed by atoms with Crippen molar-refractivity contribution in [1.29, 1.82) is 0 Å². The summed E-state index contributed by atoms with van der Waals surface area (Å²) in [4.78, 5) is 31.1. The minimum Gasteiger partial charge on any atom is -0.493 e. The van der Waals surface area contributed by atoms with Crippen molar-refractivity contribution in [1.82, 2.24) is 15.2 Å². The Kier molecular flexibility index (Phi) is 8.08. The van der Waals surface area contributed by atoms with Gasteiger partial charge in [0.2, 0.25) is 5.91 Å². The van der Waals surface area contributed by atoms with E-state index in [9.17, 15) is 9.59 Å². The number of H-pyrrole nitrogens is 1. The number of carbonyl (C=O) groups is 2. The van der Waals surface area contributed by atoms with Gasteiger partial charge in [-0.05, 0) is 54.7 Å². The van der Waals surface area contributed by atoms with E-state index in [1.165, 1.54) is 0 Å². The van der Waals surface area contributed by atoms with Gasteiger partial charge in [-0.1, -0.05) is 49.2 Å². The van der Waals surface area contributed by atoms with Gasteiger partial charge in [0.1, 0.15) is 5.69 Å². The predicted octanol–water partition coefficient (Wildman–Crippen LogP) is 4.44. The topological polar surface area (TPSA) is 83.7 Å². The minimum absolute atomic E-state index is 0.0162. The monoisotopic (exact) mass is 475 g/mol. The Morgan fingerprint density at radius 3 is 2.43 bits per heavy atom. The molecule has 0 aliphatic heterocycles. The molecule has 7 heteroatoms. The largest absolute Gasteiger partial charge is 0.493 e. The van der Waals surface area contributed by atoms with Crippen LogP contribution in [0.25, 0.3) is 11.3 Å². The van der Waals surface area contributed by atoms with Crippen molar-refractivity contribution in [3.05, 3.63) is 71.9 Å². The number of carbonyl (C=O) groups excluding carboxylic acids is 2. The van der Waals surface area contributed by atoms with E-state index in [2.05, 4.69) is 10.3 Å². The van der Waals surface area contributed by atoms with Crippen LogP contribution in [-0.2, 0) is 11.2 Å². The first-order valence-electron chi connectivity index (χ1n) is 12.1. The van der Waals surface area contributed by atoms with Crippen molar-refractivity contribution in [3.63, 3.8) is 0 Å². The molecule has 35 heavy (non-hydrogen) atoms. The number of amides is 2.